The number of benzene rings is 1. The van der Waals surface area contributed by atoms with Crippen LogP contribution in [0.4, 0.5) is 0 Å². The lowest BCUT2D eigenvalue weighted by molar-refractivity contribution is -0.122. The number of para-hydroxylation sites is 1. The van der Waals surface area contributed by atoms with E-state index in [-0.39, 0.29) is 30.9 Å². The van der Waals surface area contributed by atoms with E-state index in [1.165, 1.54) is 0 Å². The third-order valence-electron chi connectivity index (χ3n) is 3.84. The number of ether oxygens (including phenoxy) is 1. The fraction of sp³-hybridized carbons (Fsp3) is 0.562. The maximum Gasteiger partial charge on any atom is 0.290 e. The van der Waals surface area contributed by atoms with Crippen molar-refractivity contribution < 1.29 is 23.1 Å². The van der Waals surface area contributed by atoms with Crippen LogP contribution in [-0.2, 0) is 14.8 Å². The highest BCUT2D eigenvalue weighted by Crippen LogP contribution is 2.23. The molecule has 136 valence electrons. The molecule has 2 atom stereocenters. The first-order valence-corrected chi connectivity index (χ1v) is 9.47. The summed E-state index contributed by atoms with van der Waals surface area (Å²) in [6.07, 6.45) is 3.01. The Morgan fingerprint density at radius 3 is 2.50 bits per heavy atom. The molecule has 0 heterocycles. The van der Waals surface area contributed by atoms with Crippen LogP contribution >= 0.6 is 0 Å². The second-order valence-corrected chi connectivity index (χ2v) is 7.65. The van der Waals surface area contributed by atoms with Crippen molar-refractivity contribution in [2.45, 2.75) is 31.3 Å². The van der Waals surface area contributed by atoms with Crippen LogP contribution in [-0.4, -0.2) is 63.4 Å². The summed E-state index contributed by atoms with van der Waals surface area (Å²) in [6.45, 7) is -0.0846. The lowest BCUT2D eigenvalue weighted by atomic mass is 10.2. The SMILES string of the molecule is CN(C)[C@@H]1CCC[C@H]1NS(=O)(=O)CCOc1ccccc1.O=CO. The quantitative estimate of drug-likeness (QED) is 0.710. The van der Waals surface area contributed by atoms with E-state index in [0.717, 1.165) is 19.3 Å². The van der Waals surface area contributed by atoms with E-state index in [2.05, 4.69) is 9.62 Å². The minimum atomic E-state index is -3.30. The number of hydrogen-bond donors (Lipinski definition) is 2. The number of sulfonamides is 1. The number of carboxylic acid groups (broad SMARTS) is 1. The molecule has 1 aliphatic carbocycles. The fourth-order valence-electron chi connectivity index (χ4n) is 2.77. The zero-order chi connectivity index (χ0) is 18.0. The summed E-state index contributed by atoms with van der Waals surface area (Å²) in [5, 5.41) is 6.89. The Hall–Kier alpha value is -1.64. The van der Waals surface area contributed by atoms with Crippen molar-refractivity contribution in [3.8, 4) is 5.75 Å². The minimum Gasteiger partial charge on any atom is -0.492 e. The zero-order valence-corrected chi connectivity index (χ0v) is 14.9. The molecule has 0 spiro atoms. The first-order valence-electron chi connectivity index (χ1n) is 7.81. The average molecular weight is 358 g/mol. The van der Waals surface area contributed by atoms with Crippen LogP contribution in [0.2, 0.25) is 0 Å². The third-order valence-corrected chi connectivity index (χ3v) is 5.20. The molecule has 0 radical (unpaired) electrons. The van der Waals surface area contributed by atoms with Gasteiger partial charge in [-0.3, -0.25) is 4.79 Å². The monoisotopic (exact) mass is 358 g/mol. The average Bonchev–Trinajstić information content (AvgIpc) is 2.96. The van der Waals surface area contributed by atoms with Crippen molar-refractivity contribution in [1.29, 1.82) is 0 Å². The molecule has 2 N–H and O–H groups in total. The molecule has 0 amide bonds. The Morgan fingerprint density at radius 1 is 1.29 bits per heavy atom. The Balaban J connectivity index is 0.000000891. The third kappa shape index (κ3) is 7.29. The van der Waals surface area contributed by atoms with Crippen molar-refractivity contribution in [3.63, 3.8) is 0 Å². The van der Waals surface area contributed by atoms with Crippen LogP contribution in [0, 0.1) is 0 Å². The highest BCUT2D eigenvalue weighted by atomic mass is 32.2. The summed E-state index contributed by atoms with van der Waals surface area (Å²) >= 11 is 0. The summed E-state index contributed by atoms with van der Waals surface area (Å²) < 4.78 is 32.5. The molecular weight excluding hydrogens is 332 g/mol. The van der Waals surface area contributed by atoms with Gasteiger partial charge in [0.2, 0.25) is 10.0 Å². The number of hydrogen-bond acceptors (Lipinski definition) is 5. The summed E-state index contributed by atoms with van der Waals surface area (Å²) in [5.74, 6) is 0.679. The van der Waals surface area contributed by atoms with Gasteiger partial charge in [0, 0.05) is 12.1 Å². The highest BCUT2D eigenvalue weighted by Gasteiger charge is 2.31. The number of carbonyl (C=O) groups is 1. The van der Waals surface area contributed by atoms with E-state index in [4.69, 9.17) is 14.6 Å². The van der Waals surface area contributed by atoms with Gasteiger partial charge >= 0.3 is 0 Å². The van der Waals surface area contributed by atoms with Crippen molar-refractivity contribution in [3.05, 3.63) is 30.3 Å². The van der Waals surface area contributed by atoms with E-state index in [9.17, 15) is 8.42 Å². The van der Waals surface area contributed by atoms with Crippen LogP contribution in [0.15, 0.2) is 30.3 Å². The lowest BCUT2D eigenvalue weighted by Crippen LogP contribution is -2.47. The van der Waals surface area contributed by atoms with Gasteiger partial charge in [-0.05, 0) is 39.1 Å². The molecule has 1 aromatic carbocycles. The topological polar surface area (TPSA) is 95.9 Å². The van der Waals surface area contributed by atoms with Gasteiger partial charge in [0.25, 0.3) is 6.47 Å². The van der Waals surface area contributed by atoms with Crippen LogP contribution < -0.4 is 9.46 Å². The smallest absolute Gasteiger partial charge is 0.290 e. The first kappa shape index (κ1) is 20.4. The maximum absolute atomic E-state index is 12.1. The number of rotatable bonds is 7. The second kappa shape index (κ2) is 10.3. The Kier molecular flexibility index (Phi) is 8.73. The minimum absolute atomic E-state index is 0.0153. The first-order chi connectivity index (χ1) is 11.4. The van der Waals surface area contributed by atoms with Gasteiger partial charge in [-0.15, -0.1) is 0 Å². The molecular formula is C16H26N2O5S. The largest absolute Gasteiger partial charge is 0.492 e. The lowest BCUT2D eigenvalue weighted by Gasteiger charge is -2.26. The van der Waals surface area contributed by atoms with Crippen molar-refractivity contribution in [1.82, 2.24) is 9.62 Å². The molecule has 7 nitrogen and oxygen atoms in total. The standard InChI is InChI=1S/C15H24N2O3S.CH2O2/c1-17(2)15-10-6-9-14(15)16-21(18,19)12-11-20-13-7-4-3-5-8-13;2-1-3/h3-5,7-8,14-16H,6,9-12H2,1-2H3;1H,(H,2,3)/t14-,15-;/m1./s1. The molecule has 8 heteroatoms. The van der Waals surface area contributed by atoms with Crippen LogP contribution in [0.5, 0.6) is 5.75 Å². The van der Waals surface area contributed by atoms with Gasteiger partial charge < -0.3 is 14.7 Å². The molecule has 24 heavy (non-hydrogen) atoms. The fourth-order valence-corrected chi connectivity index (χ4v) is 3.93. The molecule has 0 aliphatic heterocycles. The highest BCUT2D eigenvalue weighted by molar-refractivity contribution is 7.89. The van der Waals surface area contributed by atoms with E-state index in [1.54, 1.807) is 0 Å². The molecule has 0 unspecified atom stereocenters. The number of likely N-dealkylation sites (N-methyl/N-ethyl adjacent to an activating group) is 1. The molecule has 1 aromatic rings. The Morgan fingerprint density at radius 2 is 1.92 bits per heavy atom. The number of nitrogens with one attached hydrogen (secondary N) is 1. The zero-order valence-electron chi connectivity index (χ0n) is 14.1. The van der Waals surface area contributed by atoms with E-state index in [0.29, 0.717) is 5.75 Å². The van der Waals surface area contributed by atoms with Gasteiger partial charge in [-0.1, -0.05) is 24.6 Å². The predicted molar refractivity (Wildman–Crippen MR) is 92.7 cm³/mol. The number of nitrogens with zero attached hydrogens (tertiary/aromatic N) is 1. The van der Waals surface area contributed by atoms with Crippen LogP contribution in [0.25, 0.3) is 0 Å². The Labute approximate surface area is 143 Å². The maximum atomic E-state index is 12.1. The predicted octanol–water partition coefficient (Wildman–Crippen LogP) is 1.17. The van der Waals surface area contributed by atoms with E-state index in [1.807, 2.05) is 44.4 Å². The molecule has 0 bridgehead atoms. The van der Waals surface area contributed by atoms with Gasteiger partial charge in [0.05, 0.1) is 5.75 Å². The van der Waals surface area contributed by atoms with Crippen molar-refractivity contribution in [2.75, 3.05) is 26.5 Å². The summed E-state index contributed by atoms with van der Waals surface area (Å²) in [7, 11) is 0.688. The van der Waals surface area contributed by atoms with E-state index >= 15 is 0 Å². The van der Waals surface area contributed by atoms with E-state index < -0.39 is 10.0 Å². The van der Waals surface area contributed by atoms with Crippen LogP contribution in [0.3, 0.4) is 0 Å². The normalized spacial score (nSPS) is 20.3. The van der Waals surface area contributed by atoms with Crippen molar-refractivity contribution >= 4 is 16.5 Å². The molecule has 2 rings (SSSR count). The van der Waals surface area contributed by atoms with Gasteiger partial charge in [0.1, 0.15) is 12.4 Å². The summed E-state index contributed by atoms with van der Waals surface area (Å²) in [5.41, 5.74) is 0. The van der Waals surface area contributed by atoms with Gasteiger partial charge in [-0.2, -0.15) is 0 Å². The van der Waals surface area contributed by atoms with Gasteiger partial charge in [0.15, 0.2) is 0 Å². The molecule has 1 fully saturated rings. The molecule has 1 saturated carbocycles. The van der Waals surface area contributed by atoms with Gasteiger partial charge in [-0.25, -0.2) is 13.1 Å². The summed E-state index contributed by atoms with van der Waals surface area (Å²) in [4.78, 5) is 10.5. The van der Waals surface area contributed by atoms with Crippen molar-refractivity contribution in [2.24, 2.45) is 0 Å². The van der Waals surface area contributed by atoms with Crippen LogP contribution in [0.1, 0.15) is 19.3 Å². The Bertz CT molecular complexity index is 577. The molecule has 1 aliphatic rings. The second-order valence-electron chi connectivity index (χ2n) is 5.77. The summed E-state index contributed by atoms with van der Waals surface area (Å²) in [6, 6.07) is 9.56. The molecule has 0 saturated heterocycles. The molecule has 0 aromatic heterocycles.